The van der Waals surface area contributed by atoms with E-state index in [1.807, 2.05) is 0 Å². The molecule has 3 rings (SSSR count). The summed E-state index contributed by atoms with van der Waals surface area (Å²) >= 11 is 0.422. The molecule has 0 aliphatic heterocycles. The molecule has 17 nitrogen and oxygen atoms in total. The van der Waals surface area contributed by atoms with E-state index in [-0.39, 0.29) is 98.3 Å². The normalized spacial score (nSPS) is 12.1. The van der Waals surface area contributed by atoms with Crippen LogP contribution in [0.3, 0.4) is 0 Å². The zero-order chi connectivity index (χ0) is 31.0. The summed E-state index contributed by atoms with van der Waals surface area (Å²) in [5.41, 5.74) is 3.54. The summed E-state index contributed by atoms with van der Waals surface area (Å²) in [6, 6.07) is 14.2. The largest absolute Gasteiger partial charge is 1.00 e. The molecule has 2 N–H and O–H groups in total. The van der Waals surface area contributed by atoms with Crippen molar-refractivity contribution in [1.29, 1.82) is 0 Å². The fourth-order valence-corrected chi connectivity index (χ4v) is 5.46. The molecular weight excluding hydrogens is 754 g/mol. The Morgan fingerprint density at radius 2 is 1.62 bits per heavy atom. The van der Waals surface area contributed by atoms with Crippen molar-refractivity contribution in [2.75, 3.05) is 12.4 Å². The molecule has 0 aliphatic carbocycles. The van der Waals surface area contributed by atoms with E-state index in [1.54, 1.807) is 30.3 Å². The van der Waals surface area contributed by atoms with E-state index in [1.165, 1.54) is 6.07 Å². The van der Waals surface area contributed by atoms with Crippen LogP contribution in [-0.4, -0.2) is 57.7 Å². The van der Waals surface area contributed by atoms with E-state index >= 15 is 0 Å². The number of sulfone groups is 1. The predicted molar refractivity (Wildman–Crippen MR) is 141 cm³/mol. The fourth-order valence-electron chi connectivity index (χ4n) is 2.97. The van der Waals surface area contributed by atoms with Gasteiger partial charge in [-0.05, 0) is 24.3 Å². The Kier molecular flexibility index (Phi) is 19.3. The monoisotopic (exact) mass is 770 g/mol. The number of amidine groups is 1. The van der Waals surface area contributed by atoms with Gasteiger partial charge in [-0.1, -0.05) is 36.4 Å². The summed E-state index contributed by atoms with van der Waals surface area (Å²) in [5.74, 6) is -1.75. The molecule has 0 atom stereocenters. The van der Waals surface area contributed by atoms with Crippen LogP contribution in [0.15, 0.2) is 96.7 Å². The Bertz CT molecular complexity index is 1820. The number of phenolic OH excluding ortho intramolecular Hbond substituents is 1. The number of rotatable bonds is 13. The summed E-state index contributed by atoms with van der Waals surface area (Å²) in [6.07, 6.45) is 0. The zero-order valence-electron chi connectivity index (χ0n) is 22.9. The second-order valence-electron chi connectivity index (χ2n) is 7.61. The first-order valence-corrected chi connectivity index (χ1v) is 16.0. The van der Waals surface area contributed by atoms with Gasteiger partial charge in [0.05, 0.1) is 34.2 Å². The van der Waals surface area contributed by atoms with E-state index in [0.717, 1.165) is 30.3 Å². The molecule has 0 amide bonds. The van der Waals surface area contributed by atoms with Gasteiger partial charge in [-0.15, -0.1) is 15.9 Å². The van der Waals surface area contributed by atoms with Gasteiger partial charge in [-0.3, -0.25) is 13.8 Å². The minimum atomic E-state index is -5.10. The molecule has 0 radical (unpaired) electrons. The SMILES string of the molecule is O=S(=O)([O-])OCCS(=O)(=O)c1ccc(N=N/C(=N\[N-]c2cc(SOO[O-])ccc2S(=O)(=O)O)c2ccccc2)c(O)c1.[Cu+].[Na+].[Na+]. The van der Waals surface area contributed by atoms with Crippen molar-refractivity contribution in [2.45, 2.75) is 14.7 Å². The van der Waals surface area contributed by atoms with Gasteiger partial charge in [0.25, 0.3) is 10.1 Å². The summed E-state index contributed by atoms with van der Waals surface area (Å²) in [5, 5.41) is 35.4. The molecule has 0 unspecified atom stereocenters. The summed E-state index contributed by atoms with van der Waals surface area (Å²) in [6.45, 7) is -0.933. The number of hydrogen-bond donors (Lipinski definition) is 2. The number of nitrogens with zero attached hydrogens (tertiary/aromatic N) is 4. The first-order chi connectivity index (χ1) is 19.7. The van der Waals surface area contributed by atoms with Gasteiger partial charge in [0.15, 0.2) is 15.7 Å². The van der Waals surface area contributed by atoms with E-state index in [0.29, 0.717) is 17.6 Å². The van der Waals surface area contributed by atoms with Gasteiger partial charge in [0.1, 0.15) is 11.4 Å². The van der Waals surface area contributed by atoms with Gasteiger partial charge < -0.3 is 25.4 Å². The first kappa shape index (κ1) is 44.0. The minimum absolute atomic E-state index is 0. The van der Waals surface area contributed by atoms with Crippen LogP contribution < -0.4 is 64.4 Å². The molecule has 24 heteroatoms. The number of azo groups is 1. The standard InChI is InChI=1S/C21H19N4O13S4.Cu.2Na/c26-19-13-16(40(28,29)11-10-36-42(33,34)35)7-8-17(19)22-24-21(14-4-2-1-3-5-14)25-23-18-12-15(39-38-37-27)6-9-20(18)41(30,31)32;;;/h1-9,12-13H,10-11H2,(H4-,22,23,24,25,26,27,30,31,32,33,34,35);;;/q-1;3*+1/p-2. The molecule has 0 saturated carbocycles. The molecule has 0 heterocycles. The third-order valence-corrected chi connectivity index (χ3v) is 8.39. The quantitative estimate of drug-likeness (QED) is 0.0195. The average molecular weight is 771 g/mol. The smallest absolute Gasteiger partial charge is 0.726 e. The maximum atomic E-state index is 12.4. The van der Waals surface area contributed by atoms with Gasteiger partial charge in [-0.2, -0.15) is 12.8 Å². The van der Waals surface area contributed by atoms with Gasteiger partial charge >= 0.3 is 76.2 Å². The van der Waals surface area contributed by atoms with Crippen LogP contribution in [0.4, 0.5) is 11.4 Å². The van der Waals surface area contributed by atoms with Gasteiger partial charge in [-0.25, -0.2) is 16.8 Å². The maximum Gasteiger partial charge on any atom is 1.00 e. The molecule has 0 aromatic heterocycles. The molecule has 45 heavy (non-hydrogen) atoms. The Hall–Kier alpha value is -0.991. The number of aromatic hydroxyl groups is 1. The third-order valence-electron chi connectivity index (χ3n) is 4.79. The first-order valence-electron chi connectivity index (χ1n) is 10.9. The summed E-state index contributed by atoms with van der Waals surface area (Å²) in [7, 11) is -14.0. The second kappa shape index (κ2) is 19.7. The Balaban J connectivity index is 0.00000645. The van der Waals surface area contributed by atoms with Crippen LogP contribution in [0.5, 0.6) is 5.75 Å². The van der Waals surface area contributed by atoms with Crippen molar-refractivity contribution >= 4 is 59.6 Å². The molecule has 0 bridgehead atoms. The van der Waals surface area contributed by atoms with Crippen molar-refractivity contribution in [3.63, 3.8) is 0 Å². The van der Waals surface area contributed by atoms with Gasteiger partial charge in [0, 0.05) is 16.5 Å². The Morgan fingerprint density at radius 3 is 2.20 bits per heavy atom. The zero-order valence-corrected chi connectivity index (χ0v) is 31.1. The number of phenols is 1. The molecule has 236 valence electrons. The van der Waals surface area contributed by atoms with Crippen molar-refractivity contribution in [1.82, 2.24) is 0 Å². The molecule has 0 spiro atoms. The van der Waals surface area contributed by atoms with E-state index in [9.17, 15) is 44.7 Å². The van der Waals surface area contributed by atoms with Gasteiger partial charge in [0.2, 0.25) is 10.4 Å². The molecule has 3 aromatic carbocycles. The van der Waals surface area contributed by atoms with E-state index in [4.69, 9.17) is 0 Å². The molecular formula is C21H17CuN4Na2O13S4. The number of benzene rings is 3. The van der Waals surface area contributed by atoms with Crippen LogP contribution >= 0.6 is 12.0 Å². The summed E-state index contributed by atoms with van der Waals surface area (Å²) in [4.78, 5) is -0.924. The Labute approximate surface area is 316 Å². The van der Waals surface area contributed by atoms with Crippen molar-refractivity contribution in [3.05, 3.63) is 77.7 Å². The number of hydrogen-bond acceptors (Lipinski definition) is 15. The summed E-state index contributed by atoms with van der Waals surface area (Å²) < 4.78 is 97.5. The third kappa shape index (κ3) is 14.3. The van der Waals surface area contributed by atoms with Crippen LogP contribution in [0.2, 0.25) is 0 Å². The van der Waals surface area contributed by atoms with Crippen LogP contribution in [-0.2, 0) is 61.0 Å². The molecule has 0 fully saturated rings. The molecule has 0 aliphatic rings. The maximum absolute atomic E-state index is 12.4. The topological polar surface area (TPSA) is 268 Å². The van der Waals surface area contributed by atoms with Crippen molar-refractivity contribution in [2.24, 2.45) is 15.3 Å². The van der Waals surface area contributed by atoms with Crippen molar-refractivity contribution < 1.29 is 134 Å². The van der Waals surface area contributed by atoms with Crippen LogP contribution in [0.25, 0.3) is 5.43 Å². The van der Waals surface area contributed by atoms with Crippen LogP contribution in [0, 0.1) is 0 Å². The predicted octanol–water partition coefficient (Wildman–Crippen LogP) is -3.72. The minimum Gasteiger partial charge on any atom is -0.726 e. The Morgan fingerprint density at radius 1 is 0.956 bits per heavy atom. The second-order valence-corrected chi connectivity index (χ2v) is 12.9. The average Bonchev–Trinajstić information content (AvgIpc) is 2.91. The molecule has 3 aromatic rings. The molecule has 0 saturated heterocycles. The van der Waals surface area contributed by atoms with Crippen molar-refractivity contribution in [3.8, 4) is 5.75 Å². The van der Waals surface area contributed by atoms with E-state index in [2.05, 4.69) is 34.3 Å². The van der Waals surface area contributed by atoms with E-state index < -0.39 is 58.3 Å². The van der Waals surface area contributed by atoms with Crippen LogP contribution in [0.1, 0.15) is 5.56 Å². The fraction of sp³-hybridized carbons (Fsp3) is 0.0952.